The SMILES string of the molecule is CCOP(=S)(OCC)Oc1ccc([N+](=O)[O-])cc1.P. The molecule has 0 fully saturated rings. The molecule has 9 heteroatoms. The van der Waals surface area contributed by atoms with Gasteiger partial charge in [0.05, 0.1) is 18.1 Å². The molecule has 0 aliphatic heterocycles. The molecule has 0 bridgehead atoms. The zero-order valence-corrected chi connectivity index (χ0v) is 13.9. The summed E-state index contributed by atoms with van der Waals surface area (Å²) in [6.07, 6.45) is 0. The van der Waals surface area contributed by atoms with E-state index in [1.807, 2.05) is 0 Å². The highest BCUT2D eigenvalue weighted by Gasteiger charge is 2.21. The first-order valence-corrected chi connectivity index (χ1v) is 7.89. The van der Waals surface area contributed by atoms with Crippen LogP contribution >= 0.6 is 16.6 Å². The number of rotatable bonds is 7. The van der Waals surface area contributed by atoms with Crippen molar-refractivity contribution < 1.29 is 18.5 Å². The molecule has 0 amide bonds. The molecule has 0 saturated heterocycles. The maximum absolute atomic E-state index is 10.5. The van der Waals surface area contributed by atoms with E-state index in [0.29, 0.717) is 19.0 Å². The molecule has 0 aromatic heterocycles. The molecule has 1 rings (SSSR count). The molecule has 0 N–H and O–H groups in total. The average molecular weight is 325 g/mol. The largest absolute Gasteiger partial charge is 0.424 e. The second-order valence-electron chi connectivity index (χ2n) is 3.13. The van der Waals surface area contributed by atoms with Crippen molar-refractivity contribution in [1.82, 2.24) is 0 Å². The summed E-state index contributed by atoms with van der Waals surface area (Å²) in [7, 11) is 0. The maximum atomic E-state index is 10.5. The van der Waals surface area contributed by atoms with Crippen molar-refractivity contribution in [3.63, 3.8) is 0 Å². The Bertz CT molecular complexity index is 444. The molecule has 0 spiro atoms. The molecule has 0 radical (unpaired) electrons. The zero-order valence-electron chi connectivity index (χ0n) is 10.8. The van der Waals surface area contributed by atoms with Gasteiger partial charge in [-0.3, -0.25) is 19.2 Å². The lowest BCUT2D eigenvalue weighted by molar-refractivity contribution is -0.384. The Morgan fingerprint density at radius 2 is 1.68 bits per heavy atom. The Kier molecular flexibility index (Phi) is 8.30. The molecule has 108 valence electrons. The molecule has 0 saturated carbocycles. The molecule has 1 aromatic carbocycles. The lowest BCUT2D eigenvalue weighted by Crippen LogP contribution is -2.02. The van der Waals surface area contributed by atoms with E-state index in [-0.39, 0.29) is 15.6 Å². The van der Waals surface area contributed by atoms with Gasteiger partial charge >= 0.3 is 6.72 Å². The van der Waals surface area contributed by atoms with Crippen LogP contribution in [0.5, 0.6) is 5.75 Å². The summed E-state index contributed by atoms with van der Waals surface area (Å²) in [5.41, 5.74) is -0.0107. The minimum absolute atomic E-state index is 0. The standard InChI is InChI=1S/C10H14NO5PS.H3P/c1-3-14-17(18,15-4-2)16-10-7-5-9(6-8-10)11(12)13;/h5-8H,3-4H2,1-2H3;1H3. The zero-order chi connectivity index (χ0) is 13.6. The van der Waals surface area contributed by atoms with Crippen LogP contribution < -0.4 is 4.52 Å². The number of nitro groups is 1. The Morgan fingerprint density at radius 3 is 2.05 bits per heavy atom. The highest BCUT2D eigenvalue weighted by atomic mass is 32.5. The van der Waals surface area contributed by atoms with E-state index >= 15 is 0 Å². The predicted octanol–water partition coefficient (Wildman–Crippen LogP) is 3.33. The number of nitrogens with zero attached hydrogens (tertiary/aromatic N) is 1. The Labute approximate surface area is 120 Å². The van der Waals surface area contributed by atoms with Gasteiger partial charge in [0.25, 0.3) is 5.69 Å². The molecule has 1 atom stereocenters. The summed E-state index contributed by atoms with van der Waals surface area (Å²) in [5, 5.41) is 10.5. The third kappa shape index (κ3) is 5.93. The predicted molar refractivity (Wildman–Crippen MR) is 82.4 cm³/mol. The first-order valence-electron chi connectivity index (χ1n) is 5.34. The molecule has 0 aliphatic carbocycles. The second-order valence-corrected chi connectivity index (χ2v) is 6.06. The molecule has 0 heterocycles. The lowest BCUT2D eigenvalue weighted by Gasteiger charge is -2.20. The topological polar surface area (TPSA) is 70.8 Å². The van der Waals surface area contributed by atoms with Crippen LogP contribution in [0.4, 0.5) is 5.69 Å². The van der Waals surface area contributed by atoms with Gasteiger partial charge in [0.2, 0.25) is 0 Å². The molecular weight excluding hydrogens is 308 g/mol. The smallest absolute Gasteiger partial charge is 0.380 e. The quantitative estimate of drug-likeness (QED) is 0.435. The summed E-state index contributed by atoms with van der Waals surface area (Å²) in [4.78, 5) is 10.0. The van der Waals surface area contributed by atoms with E-state index in [9.17, 15) is 10.1 Å². The van der Waals surface area contributed by atoms with Crippen molar-refractivity contribution in [2.75, 3.05) is 13.2 Å². The van der Waals surface area contributed by atoms with Crippen molar-refractivity contribution >= 4 is 34.1 Å². The second kappa shape index (κ2) is 8.56. The van der Waals surface area contributed by atoms with Gasteiger partial charge in [-0.05, 0) is 26.0 Å². The van der Waals surface area contributed by atoms with Crippen LogP contribution in [0.15, 0.2) is 24.3 Å². The first-order chi connectivity index (χ1) is 8.50. The van der Waals surface area contributed by atoms with Gasteiger partial charge in [0, 0.05) is 23.9 Å². The van der Waals surface area contributed by atoms with Crippen LogP contribution in [0.1, 0.15) is 13.8 Å². The highest BCUT2D eigenvalue weighted by molar-refractivity contribution is 8.07. The third-order valence-electron chi connectivity index (χ3n) is 1.84. The summed E-state index contributed by atoms with van der Waals surface area (Å²) >= 11 is 5.18. The van der Waals surface area contributed by atoms with E-state index in [2.05, 4.69) is 0 Å². The van der Waals surface area contributed by atoms with Crippen LogP contribution in [-0.2, 0) is 20.9 Å². The Morgan fingerprint density at radius 1 is 1.21 bits per heavy atom. The third-order valence-corrected chi connectivity index (χ3v) is 4.28. The van der Waals surface area contributed by atoms with Crippen LogP contribution in [0, 0.1) is 10.1 Å². The number of benzene rings is 1. The summed E-state index contributed by atoms with van der Waals surface area (Å²) in [6, 6.07) is 5.62. The molecule has 0 aliphatic rings. The van der Waals surface area contributed by atoms with E-state index < -0.39 is 11.6 Å². The molecular formula is C10H17NO5P2S. The van der Waals surface area contributed by atoms with E-state index in [4.69, 9.17) is 25.4 Å². The molecule has 1 unspecified atom stereocenters. The molecule has 19 heavy (non-hydrogen) atoms. The Hall–Kier alpha value is -0.580. The summed E-state index contributed by atoms with van der Waals surface area (Å²) in [6.45, 7) is 1.52. The first kappa shape index (κ1) is 18.4. The van der Waals surface area contributed by atoms with Gasteiger partial charge in [-0.25, -0.2) is 0 Å². The van der Waals surface area contributed by atoms with Gasteiger partial charge in [-0.2, -0.15) is 9.90 Å². The van der Waals surface area contributed by atoms with Crippen molar-refractivity contribution in [3.8, 4) is 5.75 Å². The van der Waals surface area contributed by atoms with Crippen LogP contribution in [0.3, 0.4) is 0 Å². The van der Waals surface area contributed by atoms with Crippen molar-refractivity contribution in [2.24, 2.45) is 0 Å². The van der Waals surface area contributed by atoms with Crippen molar-refractivity contribution in [1.29, 1.82) is 0 Å². The highest BCUT2D eigenvalue weighted by Crippen LogP contribution is 2.49. The van der Waals surface area contributed by atoms with Gasteiger partial charge < -0.3 is 4.52 Å². The lowest BCUT2D eigenvalue weighted by atomic mass is 10.3. The van der Waals surface area contributed by atoms with E-state index in [1.165, 1.54) is 24.3 Å². The van der Waals surface area contributed by atoms with Gasteiger partial charge in [0.15, 0.2) is 0 Å². The van der Waals surface area contributed by atoms with Gasteiger partial charge in [-0.15, -0.1) is 0 Å². The minimum atomic E-state index is -2.82. The van der Waals surface area contributed by atoms with Gasteiger partial charge in [-0.1, -0.05) is 0 Å². The van der Waals surface area contributed by atoms with E-state index in [1.54, 1.807) is 13.8 Å². The van der Waals surface area contributed by atoms with Crippen LogP contribution in [0.2, 0.25) is 0 Å². The fourth-order valence-corrected chi connectivity index (χ4v) is 3.25. The van der Waals surface area contributed by atoms with Gasteiger partial charge in [0.1, 0.15) is 5.75 Å². The number of hydrogen-bond donors (Lipinski definition) is 0. The number of hydrogen-bond acceptors (Lipinski definition) is 6. The fraction of sp³-hybridized carbons (Fsp3) is 0.400. The number of non-ortho nitro benzene ring substituents is 1. The maximum Gasteiger partial charge on any atom is 0.380 e. The monoisotopic (exact) mass is 325 g/mol. The number of nitro benzene ring substituents is 1. The van der Waals surface area contributed by atoms with Crippen LogP contribution in [0.25, 0.3) is 0 Å². The summed E-state index contributed by atoms with van der Waals surface area (Å²) in [5.74, 6) is 0.394. The Balaban J connectivity index is 0.00000324. The molecule has 6 nitrogen and oxygen atoms in total. The van der Waals surface area contributed by atoms with Crippen molar-refractivity contribution in [3.05, 3.63) is 34.4 Å². The minimum Gasteiger partial charge on any atom is -0.424 e. The average Bonchev–Trinajstić information content (AvgIpc) is 2.30. The van der Waals surface area contributed by atoms with Crippen LogP contribution in [-0.4, -0.2) is 18.1 Å². The molecule has 1 aromatic rings. The fourth-order valence-electron chi connectivity index (χ4n) is 1.16. The van der Waals surface area contributed by atoms with Crippen molar-refractivity contribution in [2.45, 2.75) is 13.8 Å². The van der Waals surface area contributed by atoms with E-state index in [0.717, 1.165) is 0 Å². The normalized spacial score (nSPS) is 10.6. The summed E-state index contributed by atoms with van der Waals surface area (Å²) < 4.78 is 16.1.